The van der Waals surface area contributed by atoms with Crippen LogP contribution in [0.2, 0.25) is 0 Å². The number of hydrogen-bond donors (Lipinski definition) is 3. The lowest BCUT2D eigenvalue weighted by Gasteiger charge is -2.61. The number of likely N-dealkylation sites (tertiary alicyclic amines) is 1. The highest BCUT2D eigenvalue weighted by Crippen LogP contribution is 2.65. The molecule has 0 unspecified atom stereocenters. The molecule has 1 aromatic rings. The van der Waals surface area contributed by atoms with Crippen LogP contribution in [0.25, 0.3) is 0 Å². The first-order valence-corrected chi connectivity index (χ1v) is 8.34. The van der Waals surface area contributed by atoms with Crippen molar-refractivity contribution in [1.82, 2.24) is 4.90 Å². The van der Waals surface area contributed by atoms with Crippen LogP contribution in [0.4, 0.5) is 0 Å². The Morgan fingerprint density at radius 3 is 2.88 bits per heavy atom. The standard InChI is InChI=1S/C18H21NO5.ClH/c1-19-6-5-17-14-9-7-13(19)18(17,22)4-3-10(20)16(17)24-15(14)12(23-2)8-11(9)21;/h3-4,8,10,13,16,20-22H,5-7H2,1-2H3;1H/t10-,13+,16-,17-,18+;/m0./s1. The SMILES string of the molecule is COc1cc(O)c2c3c1O[C@H]1[C@@H](O)C=C[C@@]4(O)[C@@H](C2)N(C)CC[C@]314.Cl. The zero-order chi connectivity index (χ0) is 16.9. The third kappa shape index (κ3) is 1.66. The topological polar surface area (TPSA) is 82.4 Å². The first-order chi connectivity index (χ1) is 11.4. The number of aromatic hydroxyl groups is 1. The average Bonchev–Trinajstić information content (AvgIpc) is 2.90. The lowest BCUT2D eigenvalue weighted by atomic mass is 9.50. The number of likely N-dealkylation sites (N-methyl/N-ethyl adjacent to an activating group) is 1. The van der Waals surface area contributed by atoms with Crippen LogP contribution in [-0.2, 0) is 11.8 Å². The molecule has 5 atom stereocenters. The van der Waals surface area contributed by atoms with E-state index in [1.165, 1.54) is 7.11 Å². The minimum atomic E-state index is -1.14. The molecule has 0 amide bonds. The van der Waals surface area contributed by atoms with E-state index in [1.54, 1.807) is 18.2 Å². The van der Waals surface area contributed by atoms with E-state index in [9.17, 15) is 15.3 Å². The number of phenolic OH excluding ortho intramolecular Hbond substituents is 1. The zero-order valence-electron chi connectivity index (χ0n) is 14.1. The second-order valence-corrected chi connectivity index (χ2v) is 7.42. The van der Waals surface area contributed by atoms with Crippen molar-refractivity contribution in [2.45, 2.75) is 42.1 Å². The molecule has 4 aliphatic rings. The van der Waals surface area contributed by atoms with Crippen molar-refractivity contribution >= 4 is 12.4 Å². The molecule has 3 N–H and O–H groups in total. The van der Waals surface area contributed by atoms with Gasteiger partial charge < -0.3 is 24.8 Å². The van der Waals surface area contributed by atoms with Crippen molar-refractivity contribution in [2.24, 2.45) is 0 Å². The first kappa shape index (κ1) is 17.0. The summed E-state index contributed by atoms with van der Waals surface area (Å²) in [5, 5.41) is 32.9. The fraction of sp³-hybridized carbons (Fsp3) is 0.556. The van der Waals surface area contributed by atoms with Gasteiger partial charge >= 0.3 is 0 Å². The van der Waals surface area contributed by atoms with Gasteiger partial charge in [0.25, 0.3) is 0 Å². The van der Waals surface area contributed by atoms with E-state index in [2.05, 4.69) is 4.90 Å². The molecule has 2 bridgehead atoms. The van der Waals surface area contributed by atoms with E-state index in [1.807, 2.05) is 7.05 Å². The predicted molar refractivity (Wildman–Crippen MR) is 92.8 cm³/mol. The largest absolute Gasteiger partial charge is 0.508 e. The molecule has 7 heteroatoms. The molecular weight excluding hydrogens is 346 g/mol. The summed E-state index contributed by atoms with van der Waals surface area (Å²) in [4.78, 5) is 2.13. The molecule has 1 aromatic carbocycles. The maximum absolute atomic E-state index is 11.7. The highest BCUT2D eigenvalue weighted by Gasteiger charge is 2.71. The number of phenols is 1. The van der Waals surface area contributed by atoms with Crippen molar-refractivity contribution in [3.05, 3.63) is 29.3 Å². The van der Waals surface area contributed by atoms with E-state index in [-0.39, 0.29) is 24.2 Å². The Morgan fingerprint density at radius 2 is 2.16 bits per heavy atom. The second-order valence-electron chi connectivity index (χ2n) is 7.42. The van der Waals surface area contributed by atoms with Crippen LogP contribution in [0.5, 0.6) is 17.2 Å². The third-order valence-electron chi connectivity index (χ3n) is 6.59. The van der Waals surface area contributed by atoms with E-state index >= 15 is 0 Å². The van der Waals surface area contributed by atoms with Crippen LogP contribution in [0.3, 0.4) is 0 Å². The second kappa shape index (κ2) is 5.04. The fourth-order valence-electron chi connectivity index (χ4n) is 5.49. The third-order valence-corrected chi connectivity index (χ3v) is 6.59. The van der Waals surface area contributed by atoms with E-state index in [0.717, 1.165) is 17.7 Å². The summed E-state index contributed by atoms with van der Waals surface area (Å²) in [5.74, 6) is 1.17. The maximum atomic E-state index is 11.7. The van der Waals surface area contributed by atoms with Gasteiger partial charge in [0.15, 0.2) is 11.5 Å². The number of aliphatic hydroxyl groups excluding tert-OH is 1. The molecule has 5 rings (SSSR count). The van der Waals surface area contributed by atoms with Gasteiger partial charge in [-0.05, 0) is 26.4 Å². The molecule has 6 nitrogen and oxygen atoms in total. The van der Waals surface area contributed by atoms with Crippen LogP contribution in [0, 0.1) is 0 Å². The summed E-state index contributed by atoms with van der Waals surface area (Å²) in [6.07, 6.45) is 3.18. The van der Waals surface area contributed by atoms with Crippen LogP contribution in [0.15, 0.2) is 18.2 Å². The summed E-state index contributed by atoms with van der Waals surface area (Å²) in [5.41, 5.74) is -0.273. The normalized spacial score (nSPS) is 40.1. The van der Waals surface area contributed by atoms with Gasteiger partial charge in [0, 0.05) is 23.2 Å². The average molecular weight is 368 g/mol. The van der Waals surface area contributed by atoms with Gasteiger partial charge in [-0.1, -0.05) is 12.2 Å². The quantitative estimate of drug-likeness (QED) is 0.635. The number of methoxy groups -OCH3 is 1. The summed E-state index contributed by atoms with van der Waals surface area (Å²) < 4.78 is 11.6. The van der Waals surface area contributed by atoms with Crippen molar-refractivity contribution in [1.29, 1.82) is 0 Å². The van der Waals surface area contributed by atoms with Crippen LogP contribution < -0.4 is 9.47 Å². The number of hydrogen-bond acceptors (Lipinski definition) is 6. The summed E-state index contributed by atoms with van der Waals surface area (Å²) in [6, 6.07) is 1.40. The van der Waals surface area contributed by atoms with E-state index < -0.39 is 23.2 Å². The van der Waals surface area contributed by atoms with Gasteiger partial charge in [-0.15, -0.1) is 12.4 Å². The Balaban J connectivity index is 0.00000157. The monoisotopic (exact) mass is 367 g/mol. The summed E-state index contributed by atoms with van der Waals surface area (Å²) in [7, 11) is 3.52. The molecule has 136 valence electrons. The molecule has 2 heterocycles. The van der Waals surface area contributed by atoms with Crippen LogP contribution in [0.1, 0.15) is 17.5 Å². The Hall–Kier alpha value is -1.47. The molecule has 25 heavy (non-hydrogen) atoms. The summed E-state index contributed by atoms with van der Waals surface area (Å²) in [6.45, 7) is 0.796. The number of aliphatic hydroxyl groups is 2. The number of nitrogens with zero attached hydrogens (tertiary/aromatic N) is 1. The molecule has 0 radical (unpaired) electrons. The van der Waals surface area contributed by atoms with Gasteiger partial charge in [0.05, 0.1) is 12.5 Å². The Morgan fingerprint density at radius 1 is 1.40 bits per heavy atom. The molecule has 1 fully saturated rings. The number of ether oxygens (including phenoxy) is 2. The summed E-state index contributed by atoms with van der Waals surface area (Å²) >= 11 is 0. The van der Waals surface area contributed by atoms with Crippen molar-refractivity contribution in [3.8, 4) is 17.2 Å². The number of benzene rings is 1. The van der Waals surface area contributed by atoms with Gasteiger partial charge in [0.1, 0.15) is 23.6 Å². The highest BCUT2D eigenvalue weighted by molar-refractivity contribution is 5.85. The minimum Gasteiger partial charge on any atom is -0.508 e. The molecule has 0 saturated carbocycles. The number of rotatable bonds is 1. The van der Waals surface area contributed by atoms with E-state index in [4.69, 9.17) is 9.47 Å². The number of halogens is 1. The fourth-order valence-corrected chi connectivity index (χ4v) is 5.49. The van der Waals surface area contributed by atoms with Gasteiger partial charge in [-0.2, -0.15) is 0 Å². The van der Waals surface area contributed by atoms with Crippen LogP contribution >= 0.6 is 12.4 Å². The molecule has 0 aromatic heterocycles. The zero-order valence-corrected chi connectivity index (χ0v) is 14.9. The Labute approximate surface area is 152 Å². The van der Waals surface area contributed by atoms with Gasteiger partial charge in [-0.25, -0.2) is 0 Å². The number of piperidine rings is 1. The van der Waals surface area contributed by atoms with Crippen molar-refractivity contribution < 1.29 is 24.8 Å². The van der Waals surface area contributed by atoms with Crippen molar-refractivity contribution in [2.75, 3.05) is 20.7 Å². The molecule has 1 spiro atoms. The molecule has 2 aliphatic carbocycles. The minimum absolute atomic E-state index is 0. The molecule has 2 aliphatic heterocycles. The van der Waals surface area contributed by atoms with Crippen LogP contribution in [-0.4, -0.2) is 64.8 Å². The highest BCUT2D eigenvalue weighted by atomic mass is 35.5. The van der Waals surface area contributed by atoms with E-state index in [0.29, 0.717) is 24.3 Å². The lowest BCUT2D eigenvalue weighted by molar-refractivity contribution is -0.151. The molecule has 1 saturated heterocycles. The van der Waals surface area contributed by atoms with Crippen molar-refractivity contribution in [3.63, 3.8) is 0 Å². The Kier molecular flexibility index (Phi) is 3.42. The predicted octanol–water partition coefficient (Wildman–Crippen LogP) is 0.743. The molecular formula is C18H22ClNO5. The Bertz CT molecular complexity index is 783. The smallest absolute Gasteiger partial charge is 0.166 e. The lowest BCUT2D eigenvalue weighted by Crippen LogP contribution is -2.75. The maximum Gasteiger partial charge on any atom is 0.166 e. The van der Waals surface area contributed by atoms with Gasteiger partial charge in [-0.3, -0.25) is 4.90 Å². The first-order valence-electron chi connectivity index (χ1n) is 8.34. The van der Waals surface area contributed by atoms with Gasteiger partial charge in [0.2, 0.25) is 0 Å².